The van der Waals surface area contributed by atoms with Gasteiger partial charge in [0.2, 0.25) is 0 Å². The zero-order valence-electron chi connectivity index (χ0n) is 11.8. The predicted octanol–water partition coefficient (Wildman–Crippen LogP) is 3.27. The molecule has 4 nitrogen and oxygen atoms in total. The Hall–Kier alpha value is -1.96. The average Bonchev–Trinajstić information content (AvgIpc) is 3.02. The highest BCUT2D eigenvalue weighted by Crippen LogP contribution is 2.46. The highest BCUT2D eigenvalue weighted by molar-refractivity contribution is 5.58. The molecule has 1 aliphatic carbocycles. The fraction of sp³-hybridized carbons (Fsp3) is 0.533. The van der Waals surface area contributed by atoms with Crippen LogP contribution in [-0.4, -0.2) is 14.6 Å². The van der Waals surface area contributed by atoms with Crippen molar-refractivity contribution in [2.45, 2.75) is 51.4 Å². The van der Waals surface area contributed by atoms with Crippen molar-refractivity contribution >= 4 is 5.52 Å². The Bertz CT molecular complexity index is 705. The Kier molecular flexibility index (Phi) is 2.97. The maximum atomic E-state index is 14.5. The molecule has 2 aromatic rings. The minimum Gasteiger partial charge on any atom is -0.237 e. The van der Waals surface area contributed by atoms with Crippen molar-refractivity contribution in [2.24, 2.45) is 0 Å². The van der Waals surface area contributed by atoms with Crippen LogP contribution in [0.5, 0.6) is 0 Å². The molecular weight excluding hydrogens is 255 g/mol. The fourth-order valence-electron chi connectivity index (χ4n) is 3.49. The van der Waals surface area contributed by atoms with Crippen LogP contribution in [0.25, 0.3) is 5.52 Å². The SMILES string of the molecule is CCC1(c2c(C#N)c(F)c3cnc(C)nn23)CCCC1. The van der Waals surface area contributed by atoms with Gasteiger partial charge in [-0.05, 0) is 26.2 Å². The van der Waals surface area contributed by atoms with Crippen molar-refractivity contribution < 1.29 is 4.39 Å². The molecule has 0 unspecified atom stereocenters. The molecule has 0 aliphatic heterocycles. The van der Waals surface area contributed by atoms with Crippen LogP contribution in [0.15, 0.2) is 6.20 Å². The molecular formula is C15H17FN4. The number of aryl methyl sites for hydroxylation is 1. The van der Waals surface area contributed by atoms with Gasteiger partial charge in [0.25, 0.3) is 0 Å². The number of rotatable bonds is 2. The van der Waals surface area contributed by atoms with Gasteiger partial charge >= 0.3 is 0 Å². The van der Waals surface area contributed by atoms with Crippen LogP contribution in [0.3, 0.4) is 0 Å². The van der Waals surface area contributed by atoms with Gasteiger partial charge in [-0.2, -0.15) is 10.4 Å². The largest absolute Gasteiger partial charge is 0.237 e. The number of nitrogens with zero attached hydrogens (tertiary/aromatic N) is 4. The maximum absolute atomic E-state index is 14.5. The molecule has 0 atom stereocenters. The molecule has 20 heavy (non-hydrogen) atoms. The van der Waals surface area contributed by atoms with E-state index in [1.165, 1.54) is 6.20 Å². The summed E-state index contributed by atoms with van der Waals surface area (Å²) in [6.07, 6.45) is 6.60. The average molecular weight is 272 g/mol. The van der Waals surface area contributed by atoms with Crippen molar-refractivity contribution in [1.29, 1.82) is 5.26 Å². The Morgan fingerprint density at radius 3 is 2.75 bits per heavy atom. The van der Waals surface area contributed by atoms with Gasteiger partial charge in [-0.1, -0.05) is 19.8 Å². The molecule has 2 aromatic heterocycles. The van der Waals surface area contributed by atoms with Crippen LogP contribution in [0.1, 0.15) is 56.1 Å². The topological polar surface area (TPSA) is 54.0 Å². The second-order valence-electron chi connectivity index (χ2n) is 5.59. The Labute approximate surface area is 117 Å². The van der Waals surface area contributed by atoms with Gasteiger partial charge in [-0.3, -0.25) is 0 Å². The van der Waals surface area contributed by atoms with Gasteiger partial charge in [-0.25, -0.2) is 13.9 Å². The van der Waals surface area contributed by atoms with Crippen molar-refractivity contribution in [3.05, 3.63) is 29.1 Å². The molecule has 2 heterocycles. The molecule has 3 rings (SSSR count). The third kappa shape index (κ3) is 1.64. The second-order valence-corrected chi connectivity index (χ2v) is 5.59. The molecule has 1 saturated carbocycles. The van der Waals surface area contributed by atoms with E-state index in [-0.39, 0.29) is 11.0 Å². The summed E-state index contributed by atoms with van der Waals surface area (Å²) in [6.45, 7) is 3.89. The van der Waals surface area contributed by atoms with Crippen molar-refractivity contribution in [1.82, 2.24) is 14.6 Å². The lowest BCUT2D eigenvalue weighted by Crippen LogP contribution is -2.25. The van der Waals surface area contributed by atoms with Gasteiger partial charge in [0.1, 0.15) is 23.0 Å². The van der Waals surface area contributed by atoms with Crippen molar-refractivity contribution in [2.75, 3.05) is 0 Å². The molecule has 0 N–H and O–H groups in total. The van der Waals surface area contributed by atoms with Gasteiger partial charge in [0.05, 0.1) is 11.9 Å². The third-order valence-electron chi connectivity index (χ3n) is 4.59. The van der Waals surface area contributed by atoms with Crippen LogP contribution in [0.2, 0.25) is 0 Å². The first kappa shape index (κ1) is 13.0. The Morgan fingerprint density at radius 1 is 1.45 bits per heavy atom. The van der Waals surface area contributed by atoms with Gasteiger partial charge in [0.15, 0.2) is 5.82 Å². The zero-order valence-corrected chi connectivity index (χ0v) is 11.8. The summed E-state index contributed by atoms with van der Waals surface area (Å²) in [6, 6.07) is 2.05. The van der Waals surface area contributed by atoms with Gasteiger partial charge < -0.3 is 0 Å². The Morgan fingerprint density at radius 2 is 2.15 bits per heavy atom. The molecule has 1 fully saturated rings. The second kappa shape index (κ2) is 4.55. The van der Waals surface area contributed by atoms with Crippen molar-refractivity contribution in [3.8, 4) is 6.07 Å². The lowest BCUT2D eigenvalue weighted by atomic mass is 9.78. The van der Waals surface area contributed by atoms with Crippen molar-refractivity contribution in [3.63, 3.8) is 0 Å². The number of hydrogen-bond acceptors (Lipinski definition) is 3. The highest BCUT2D eigenvalue weighted by atomic mass is 19.1. The van der Waals surface area contributed by atoms with E-state index in [4.69, 9.17) is 0 Å². The lowest BCUT2D eigenvalue weighted by molar-refractivity contribution is 0.402. The van der Waals surface area contributed by atoms with E-state index in [0.29, 0.717) is 11.3 Å². The minimum absolute atomic E-state index is 0.126. The monoisotopic (exact) mass is 272 g/mol. The number of hydrogen-bond donors (Lipinski definition) is 0. The molecule has 104 valence electrons. The minimum atomic E-state index is -0.484. The molecule has 0 spiro atoms. The number of aromatic nitrogens is 3. The first-order chi connectivity index (χ1) is 9.63. The molecule has 5 heteroatoms. The zero-order chi connectivity index (χ0) is 14.3. The number of halogens is 1. The molecule has 0 aromatic carbocycles. The summed E-state index contributed by atoms with van der Waals surface area (Å²) in [7, 11) is 0. The van der Waals surface area contributed by atoms with Crippen LogP contribution in [0.4, 0.5) is 4.39 Å². The maximum Gasteiger partial charge on any atom is 0.170 e. The number of fused-ring (bicyclic) bond motifs is 1. The molecule has 0 amide bonds. The first-order valence-electron chi connectivity index (χ1n) is 7.07. The lowest BCUT2D eigenvalue weighted by Gasteiger charge is -2.27. The summed E-state index contributed by atoms with van der Waals surface area (Å²) in [5.74, 6) is 0.102. The molecule has 0 saturated heterocycles. The summed E-state index contributed by atoms with van der Waals surface area (Å²) in [5.41, 5.74) is 1.08. The highest BCUT2D eigenvalue weighted by Gasteiger charge is 2.40. The van der Waals surface area contributed by atoms with Crippen LogP contribution < -0.4 is 0 Å². The summed E-state index contributed by atoms with van der Waals surface area (Å²) < 4.78 is 16.1. The van der Waals surface area contributed by atoms with E-state index in [1.807, 2.05) is 6.07 Å². The van der Waals surface area contributed by atoms with Crippen LogP contribution in [-0.2, 0) is 5.41 Å². The van der Waals surface area contributed by atoms with E-state index in [1.54, 1.807) is 11.4 Å². The summed E-state index contributed by atoms with van der Waals surface area (Å²) >= 11 is 0. The van der Waals surface area contributed by atoms with Gasteiger partial charge in [0, 0.05) is 5.41 Å². The molecule has 0 bridgehead atoms. The third-order valence-corrected chi connectivity index (χ3v) is 4.59. The van der Waals surface area contributed by atoms with E-state index in [9.17, 15) is 9.65 Å². The Balaban J connectivity index is 2.39. The quantitative estimate of drug-likeness (QED) is 0.843. The summed E-state index contributed by atoms with van der Waals surface area (Å²) in [4.78, 5) is 4.05. The van der Waals surface area contributed by atoms with E-state index < -0.39 is 5.82 Å². The van der Waals surface area contributed by atoms with E-state index in [0.717, 1.165) is 37.8 Å². The normalized spacial score (nSPS) is 17.5. The fourth-order valence-corrected chi connectivity index (χ4v) is 3.49. The van der Waals surface area contributed by atoms with E-state index >= 15 is 0 Å². The first-order valence-corrected chi connectivity index (χ1v) is 7.07. The summed E-state index contributed by atoms with van der Waals surface area (Å²) in [5, 5.41) is 13.7. The number of nitriles is 1. The van der Waals surface area contributed by atoms with E-state index in [2.05, 4.69) is 17.0 Å². The van der Waals surface area contributed by atoms with Crippen LogP contribution >= 0.6 is 0 Å². The van der Waals surface area contributed by atoms with Crippen LogP contribution in [0, 0.1) is 24.1 Å². The molecule has 1 aliphatic rings. The standard InChI is InChI=1S/C15H17FN4/c1-3-15(6-4-5-7-15)14-11(8-17)13(16)12-9-18-10(2)19-20(12)14/h9H,3-7H2,1-2H3. The molecule has 0 radical (unpaired) electrons. The predicted molar refractivity (Wildman–Crippen MR) is 72.8 cm³/mol. The van der Waals surface area contributed by atoms with Gasteiger partial charge in [-0.15, -0.1) is 0 Å². The smallest absolute Gasteiger partial charge is 0.170 e.